The number of carboxylic acid groups (broad SMARTS) is 2. The standard InChI is InChI=1S/C52H62N4O13S4.C50H61N3O10S3.Na/c1-51(2)41-33-39(72(63,64)65)22-24-43(41)54(30-9-7-8-15-49(59)69-56-47(57)28-29-48(56)58)45(51)26-16-35-13-12-14-36(50(35)70-38-20-18-37(19-21-38)53(5)6)17-27-46-52(3,4)42-34-40(73(66,67)68)23-25-44(42)55(46)31-10-11-32-71(60,61)62;1-49(2)40-32-38(65(58,59)60)24-26-42(40)52(30-11-7-9-16-46(54)55)44(49)28-18-34-14-13-15-35(48(34)64-37-22-20-36(21-23-37)51(5)6)19-29-45-50(3,4)41-33-39(66(61,62)63)25-27-43(41)53(45)31-12-8-10-17-47(56)57;/h16-27,33-34H,7-15,28-32H2,1-6H3,(H2-,60,61,62,63,64,65,66,67,68);18-29,32-33H,7-17,30-31H2,1-6H3,(H3-,54,55,56,57,58,59,60,61,62,63);/q;;+1/p-2. The van der Waals surface area contributed by atoms with Crippen molar-refractivity contribution >= 4 is 149 Å². The van der Waals surface area contributed by atoms with Gasteiger partial charge >= 0.3 is 47.5 Å². The van der Waals surface area contributed by atoms with E-state index in [-0.39, 0.29) is 87.7 Å². The fourth-order valence-corrected chi connectivity index (χ4v) is 23.8. The summed E-state index contributed by atoms with van der Waals surface area (Å²) in [5.41, 5.74) is 12.7. The second kappa shape index (κ2) is 45.7. The van der Waals surface area contributed by atoms with E-state index in [9.17, 15) is 99.0 Å². The molecule has 3 N–H and O–H groups in total. The number of unbranched alkanes of at least 4 members (excludes halogenated alkanes) is 7. The fourth-order valence-electron chi connectivity index (χ4n) is 19.0. The van der Waals surface area contributed by atoms with Crippen molar-refractivity contribution in [3.63, 3.8) is 0 Å². The number of hydroxylamine groups is 2. The van der Waals surface area contributed by atoms with E-state index in [1.807, 2.05) is 123 Å². The number of amides is 2. The Hall–Kier alpha value is -9.42. The molecule has 140 heavy (non-hydrogen) atoms. The third kappa shape index (κ3) is 26.8. The molecule has 2 amide bonds. The van der Waals surface area contributed by atoms with Crippen LogP contribution in [-0.4, -0.2) is 191 Å². The van der Waals surface area contributed by atoms with Crippen molar-refractivity contribution in [1.29, 1.82) is 0 Å². The number of carboxylic acids is 2. The molecular formula is C102H121N7NaO23S7-. The Labute approximate surface area is 853 Å². The van der Waals surface area contributed by atoms with Crippen LogP contribution in [0.25, 0.3) is 0 Å². The average molecular weight is 2060 g/mol. The molecule has 6 aromatic carbocycles. The largest absolute Gasteiger partial charge is 1.00 e. The van der Waals surface area contributed by atoms with Crippen LogP contribution in [0.2, 0.25) is 0 Å². The Kier molecular flexibility index (Phi) is 36.2. The number of carbonyl (C=O) groups is 5. The number of anilines is 4. The zero-order valence-corrected chi connectivity index (χ0v) is 89.0. The summed E-state index contributed by atoms with van der Waals surface area (Å²) in [6.07, 6.45) is 27.4. The first-order valence-corrected chi connectivity index (χ1v) is 55.3. The van der Waals surface area contributed by atoms with Gasteiger partial charge in [0.25, 0.3) is 21.9 Å². The number of hydrogen-bond acceptors (Lipinski definition) is 26. The van der Waals surface area contributed by atoms with Crippen LogP contribution in [0.3, 0.4) is 0 Å². The Morgan fingerprint density at radius 1 is 0.436 bits per heavy atom. The molecular weight excluding hydrogens is 1940 g/mol. The molecule has 0 saturated carbocycles. The molecule has 38 heteroatoms. The van der Waals surface area contributed by atoms with Crippen molar-refractivity contribution in [1.82, 2.24) is 5.06 Å². The summed E-state index contributed by atoms with van der Waals surface area (Å²) >= 11 is 3.29. The summed E-state index contributed by atoms with van der Waals surface area (Å²) in [6, 6.07) is 34.4. The monoisotopic (exact) mass is 2060 g/mol. The third-order valence-electron chi connectivity index (χ3n) is 26.5. The van der Waals surface area contributed by atoms with Crippen LogP contribution in [0.15, 0.2) is 243 Å². The Morgan fingerprint density at radius 2 is 0.800 bits per heavy atom. The van der Waals surface area contributed by atoms with E-state index in [4.69, 9.17) is 4.84 Å². The number of nitrogens with zero attached hydrogens (tertiary/aromatic N) is 7. The molecule has 0 unspecified atom stereocenters. The molecule has 746 valence electrons. The summed E-state index contributed by atoms with van der Waals surface area (Å²) in [5, 5.41) is 19.0. The van der Waals surface area contributed by atoms with Crippen molar-refractivity contribution in [2.45, 2.75) is 248 Å². The summed E-state index contributed by atoms with van der Waals surface area (Å²) in [4.78, 5) is 75.1. The molecule has 1 fully saturated rings. The molecule has 0 atom stereocenters. The first-order chi connectivity index (χ1) is 65.2. The van der Waals surface area contributed by atoms with Crippen LogP contribution in [0.4, 0.5) is 34.1 Å². The van der Waals surface area contributed by atoms with E-state index < -0.39 is 108 Å². The van der Waals surface area contributed by atoms with E-state index in [0.29, 0.717) is 119 Å². The second-order valence-corrected chi connectivity index (χ2v) is 47.5. The van der Waals surface area contributed by atoms with E-state index in [1.165, 1.54) is 48.5 Å². The average Bonchev–Trinajstić information content (AvgIpc) is 1.60. The van der Waals surface area contributed by atoms with Crippen molar-refractivity contribution in [3.8, 4) is 0 Å². The molecule has 5 aliphatic heterocycles. The Bertz CT molecular complexity index is 6750. The molecule has 6 aromatic rings. The molecule has 2 aliphatic carbocycles. The summed E-state index contributed by atoms with van der Waals surface area (Å²) in [5.74, 6) is -3.98. The number of thioether (sulfide) groups is 2. The number of allylic oxidation sites excluding steroid dienone is 14. The molecule has 30 nitrogen and oxygen atoms in total. The van der Waals surface area contributed by atoms with Crippen molar-refractivity contribution in [2.75, 3.05) is 79.7 Å². The third-order valence-corrected chi connectivity index (χ3v) is 33.1. The van der Waals surface area contributed by atoms with Crippen LogP contribution in [-0.2, 0) is 101 Å². The van der Waals surface area contributed by atoms with E-state index >= 15 is 0 Å². The van der Waals surface area contributed by atoms with Crippen molar-refractivity contribution < 1.29 is 143 Å². The number of hydrogen-bond donors (Lipinski definition) is 3. The smallest absolute Gasteiger partial charge is 0.748 e. The summed E-state index contributed by atoms with van der Waals surface area (Å²) < 4.78 is 183. The number of carbonyl (C=O) groups excluding carboxylic acids is 3. The minimum atomic E-state index is -4.77. The minimum absolute atomic E-state index is 0. The molecule has 13 rings (SSSR count). The fraction of sp³-hybridized carbons (Fsp3) is 0.422. The van der Waals surface area contributed by atoms with Gasteiger partial charge in [0, 0.05) is 192 Å². The SMILES string of the molecule is CN(C)c1ccc(SC2=C(/C=C/C3=[N+](CCCCCC(=O)O)c4ccc(S(=O)(=O)[O-])cc4C3(C)C)CCC/C2=C\C=C2\N(CCCCCC(=O)O)c3ccc(S(=O)(=O)[O-])cc3C2(C)C)cc1.CN(C)c1ccc(SC2=C(C=CC3=[N+](CCCCCC(=O)ON4C(=O)CCC4=O)c4ccc(S(=O)(=O)[O-])cc4C3(C)C)CCCC2=CC=C2N(CCCCS(=O)(=O)[O-])c3ccc(S(=O)(=O)O)cc3C2(C)C)cc1.[Na+]. The topological polar surface area (TPSA) is 440 Å². The number of aliphatic carboxylic acids is 2. The maximum absolute atomic E-state index is 12.5. The van der Waals surface area contributed by atoms with Crippen molar-refractivity contribution in [3.05, 3.63) is 236 Å². The predicted octanol–water partition coefficient (Wildman–Crippen LogP) is 14.8. The molecule has 0 radical (unpaired) electrons. The maximum atomic E-state index is 12.5. The minimum Gasteiger partial charge on any atom is -0.748 e. The quantitative estimate of drug-likeness (QED) is 0.0106. The molecule has 0 bridgehead atoms. The first-order valence-electron chi connectivity index (χ1n) is 46.4. The van der Waals surface area contributed by atoms with E-state index in [1.54, 1.807) is 47.8 Å². The Balaban J connectivity index is 0.000000267. The number of imide groups is 1. The summed E-state index contributed by atoms with van der Waals surface area (Å²) in [7, 11) is -15.3. The number of benzene rings is 6. The van der Waals surface area contributed by atoms with Gasteiger partial charge in [0.1, 0.15) is 43.4 Å². The van der Waals surface area contributed by atoms with E-state index in [0.717, 1.165) is 136 Å². The number of fused-ring (bicyclic) bond motifs is 4. The van der Waals surface area contributed by atoms with Crippen LogP contribution in [0.5, 0.6) is 0 Å². The van der Waals surface area contributed by atoms with Crippen LogP contribution in [0, 0.1) is 0 Å². The zero-order chi connectivity index (χ0) is 101. The van der Waals surface area contributed by atoms with Gasteiger partial charge in [-0.3, -0.25) is 23.7 Å². The zero-order valence-electron chi connectivity index (χ0n) is 81.3. The van der Waals surface area contributed by atoms with Crippen molar-refractivity contribution in [2.24, 2.45) is 0 Å². The van der Waals surface area contributed by atoms with Gasteiger partial charge in [-0.25, -0.2) is 38.5 Å². The summed E-state index contributed by atoms with van der Waals surface area (Å²) in [6.45, 7) is 17.9. The van der Waals surface area contributed by atoms with Crippen LogP contribution in [0.1, 0.15) is 219 Å². The molecule has 1 saturated heterocycles. The molecule has 5 heterocycles. The maximum Gasteiger partial charge on any atom is 1.00 e. The van der Waals surface area contributed by atoms with Gasteiger partial charge in [-0.15, -0.1) is 5.06 Å². The normalized spacial score (nSPS) is 18.4. The number of rotatable bonds is 40. The van der Waals surface area contributed by atoms with Gasteiger partial charge in [-0.1, -0.05) is 81.9 Å². The second-order valence-electron chi connectivity index (χ2n) is 38.2. The van der Waals surface area contributed by atoms with Crippen LogP contribution >= 0.6 is 23.5 Å². The predicted molar refractivity (Wildman–Crippen MR) is 533 cm³/mol. The van der Waals surface area contributed by atoms with Gasteiger partial charge in [-0.2, -0.15) is 17.6 Å². The van der Waals surface area contributed by atoms with Gasteiger partial charge in [0.05, 0.1) is 40.5 Å². The van der Waals surface area contributed by atoms with Gasteiger partial charge in [0.15, 0.2) is 11.4 Å². The van der Waals surface area contributed by atoms with E-state index in [2.05, 4.69) is 86.9 Å². The molecule has 7 aliphatic rings. The van der Waals surface area contributed by atoms with Gasteiger partial charge in [-0.05, 0) is 272 Å². The molecule has 0 spiro atoms. The molecule has 0 aromatic heterocycles. The van der Waals surface area contributed by atoms with Gasteiger partial charge in [0.2, 0.25) is 11.4 Å². The first kappa shape index (κ1) is 111. The Morgan fingerprint density at radius 3 is 1.18 bits per heavy atom. The van der Waals surface area contributed by atoms with Crippen LogP contribution < -0.4 is 49.2 Å². The van der Waals surface area contributed by atoms with Gasteiger partial charge < -0.3 is 52.9 Å².